The molecule has 0 aromatic heterocycles. The lowest BCUT2D eigenvalue weighted by Crippen LogP contribution is -2.37. The summed E-state index contributed by atoms with van der Waals surface area (Å²) in [5, 5.41) is 0.337. The molecule has 0 radical (unpaired) electrons. The van der Waals surface area contributed by atoms with Gasteiger partial charge in [-0.25, -0.2) is 0 Å². The van der Waals surface area contributed by atoms with Crippen molar-refractivity contribution in [2.75, 3.05) is 32.8 Å². The fourth-order valence-electron chi connectivity index (χ4n) is 2.08. The molecule has 0 spiro atoms. The first-order chi connectivity index (χ1) is 7.24. The molecule has 0 bridgehead atoms. The maximum atomic E-state index is 6.11. The Hall–Kier alpha value is 0.210. The lowest BCUT2D eigenvalue weighted by atomic mass is 9.94. The Labute approximate surface area is 98.9 Å². The number of halogens is 1. The van der Waals surface area contributed by atoms with Crippen LogP contribution in [0.1, 0.15) is 33.1 Å². The van der Waals surface area contributed by atoms with Crippen molar-refractivity contribution >= 4 is 11.6 Å². The smallest absolute Gasteiger partial charge is 0.0593 e. The van der Waals surface area contributed by atoms with Gasteiger partial charge in [-0.05, 0) is 45.2 Å². The van der Waals surface area contributed by atoms with Crippen molar-refractivity contribution in [3.63, 3.8) is 0 Å². The number of alkyl halides is 1. The highest BCUT2D eigenvalue weighted by Crippen LogP contribution is 2.23. The van der Waals surface area contributed by atoms with Gasteiger partial charge in [-0.2, -0.15) is 0 Å². The second-order valence-corrected chi connectivity index (χ2v) is 5.16. The molecule has 0 amide bonds. The van der Waals surface area contributed by atoms with Gasteiger partial charge in [0.1, 0.15) is 0 Å². The molecule has 1 unspecified atom stereocenters. The minimum absolute atomic E-state index is 0.337. The zero-order valence-electron chi connectivity index (χ0n) is 10.0. The topological polar surface area (TPSA) is 12.5 Å². The van der Waals surface area contributed by atoms with Gasteiger partial charge < -0.3 is 9.64 Å². The maximum Gasteiger partial charge on any atom is 0.0593 e. The average molecular weight is 234 g/mol. The summed E-state index contributed by atoms with van der Waals surface area (Å²) >= 11 is 6.11. The monoisotopic (exact) mass is 233 g/mol. The molecule has 1 atom stereocenters. The number of nitrogens with zero attached hydrogens (tertiary/aromatic N) is 1. The van der Waals surface area contributed by atoms with Crippen molar-refractivity contribution in [3.05, 3.63) is 0 Å². The van der Waals surface area contributed by atoms with Gasteiger partial charge in [-0.3, -0.25) is 0 Å². The number of hydrogen-bond acceptors (Lipinski definition) is 2. The van der Waals surface area contributed by atoms with Crippen LogP contribution in [0.4, 0.5) is 0 Å². The van der Waals surface area contributed by atoms with E-state index >= 15 is 0 Å². The van der Waals surface area contributed by atoms with Crippen LogP contribution in [0.25, 0.3) is 0 Å². The standard InChI is InChI=1S/C12H24ClNO/c1-3-9-15-10-8-14-6-4-12(5-7-14)11(2)13/h11-12H,3-10H2,1-2H3. The average Bonchev–Trinajstić information content (AvgIpc) is 2.25. The van der Waals surface area contributed by atoms with E-state index in [1.807, 2.05) is 0 Å². The van der Waals surface area contributed by atoms with E-state index in [0.717, 1.165) is 32.1 Å². The molecule has 0 saturated carbocycles. The number of ether oxygens (including phenoxy) is 1. The molecule has 2 nitrogen and oxygen atoms in total. The summed E-state index contributed by atoms with van der Waals surface area (Å²) in [6, 6.07) is 0. The predicted octanol–water partition coefficient (Wildman–Crippen LogP) is 2.75. The van der Waals surface area contributed by atoms with Crippen LogP contribution in [0.15, 0.2) is 0 Å². The largest absolute Gasteiger partial charge is 0.380 e. The summed E-state index contributed by atoms with van der Waals surface area (Å²) in [6.45, 7) is 9.52. The molecule has 1 rings (SSSR count). The Balaban J connectivity index is 2.04. The summed E-state index contributed by atoms with van der Waals surface area (Å²) in [4.78, 5) is 2.49. The summed E-state index contributed by atoms with van der Waals surface area (Å²) in [5.74, 6) is 0.722. The quantitative estimate of drug-likeness (QED) is 0.517. The van der Waals surface area contributed by atoms with E-state index in [4.69, 9.17) is 16.3 Å². The van der Waals surface area contributed by atoms with E-state index in [1.165, 1.54) is 25.9 Å². The summed E-state index contributed by atoms with van der Waals surface area (Å²) in [7, 11) is 0. The first-order valence-electron chi connectivity index (χ1n) is 6.18. The number of hydrogen-bond donors (Lipinski definition) is 0. The first-order valence-corrected chi connectivity index (χ1v) is 6.61. The van der Waals surface area contributed by atoms with Crippen molar-refractivity contribution in [2.24, 2.45) is 5.92 Å². The molecule has 1 fully saturated rings. The third kappa shape index (κ3) is 5.19. The molecule has 1 saturated heterocycles. The second kappa shape index (κ2) is 7.48. The van der Waals surface area contributed by atoms with E-state index < -0.39 is 0 Å². The van der Waals surface area contributed by atoms with Crippen molar-refractivity contribution < 1.29 is 4.74 Å². The van der Waals surface area contributed by atoms with Crippen LogP contribution in [0.2, 0.25) is 0 Å². The van der Waals surface area contributed by atoms with Gasteiger partial charge in [0.25, 0.3) is 0 Å². The minimum Gasteiger partial charge on any atom is -0.380 e. The molecule has 3 heteroatoms. The van der Waals surface area contributed by atoms with Crippen LogP contribution >= 0.6 is 11.6 Å². The van der Waals surface area contributed by atoms with Crippen molar-refractivity contribution in [1.82, 2.24) is 4.90 Å². The Kier molecular flexibility index (Phi) is 6.62. The molecule has 0 aliphatic carbocycles. The fourth-order valence-corrected chi connectivity index (χ4v) is 2.33. The highest BCUT2D eigenvalue weighted by atomic mass is 35.5. The zero-order chi connectivity index (χ0) is 11.1. The van der Waals surface area contributed by atoms with Gasteiger partial charge in [0.15, 0.2) is 0 Å². The molecule has 90 valence electrons. The van der Waals surface area contributed by atoms with Crippen LogP contribution in [0.5, 0.6) is 0 Å². The van der Waals surface area contributed by atoms with Gasteiger partial charge in [0, 0.05) is 18.5 Å². The molecule has 1 aliphatic heterocycles. The first kappa shape index (κ1) is 13.3. The Bertz CT molecular complexity index is 156. The zero-order valence-corrected chi connectivity index (χ0v) is 10.8. The Morgan fingerprint density at radius 1 is 1.33 bits per heavy atom. The third-order valence-corrected chi connectivity index (χ3v) is 3.54. The SMILES string of the molecule is CCCOCCN1CCC(C(C)Cl)CC1. The molecule has 15 heavy (non-hydrogen) atoms. The van der Waals surface area contributed by atoms with Crippen LogP contribution in [-0.4, -0.2) is 43.1 Å². The molecular formula is C12H24ClNO. The van der Waals surface area contributed by atoms with Crippen molar-refractivity contribution in [2.45, 2.75) is 38.5 Å². The van der Waals surface area contributed by atoms with Crippen LogP contribution < -0.4 is 0 Å². The van der Waals surface area contributed by atoms with Crippen LogP contribution in [0, 0.1) is 5.92 Å². The van der Waals surface area contributed by atoms with E-state index in [1.54, 1.807) is 0 Å². The lowest BCUT2D eigenvalue weighted by molar-refractivity contribution is 0.0887. The highest BCUT2D eigenvalue weighted by Gasteiger charge is 2.21. The second-order valence-electron chi connectivity index (χ2n) is 4.47. The number of piperidine rings is 1. The van der Waals surface area contributed by atoms with E-state index in [0.29, 0.717) is 5.38 Å². The molecule has 0 aromatic carbocycles. The van der Waals surface area contributed by atoms with Gasteiger partial charge in [0.05, 0.1) is 6.61 Å². The molecule has 0 N–H and O–H groups in total. The molecule has 1 heterocycles. The van der Waals surface area contributed by atoms with E-state index in [2.05, 4.69) is 18.7 Å². The fraction of sp³-hybridized carbons (Fsp3) is 1.00. The minimum atomic E-state index is 0.337. The van der Waals surface area contributed by atoms with Crippen molar-refractivity contribution in [3.8, 4) is 0 Å². The summed E-state index contributed by atoms with van der Waals surface area (Å²) < 4.78 is 5.49. The van der Waals surface area contributed by atoms with Crippen molar-refractivity contribution in [1.29, 1.82) is 0 Å². The molecule has 1 aliphatic rings. The Morgan fingerprint density at radius 2 is 2.00 bits per heavy atom. The lowest BCUT2D eigenvalue weighted by Gasteiger charge is -2.32. The maximum absolute atomic E-state index is 6.11. The van der Waals surface area contributed by atoms with E-state index in [-0.39, 0.29) is 0 Å². The van der Waals surface area contributed by atoms with Gasteiger partial charge in [-0.15, -0.1) is 11.6 Å². The summed E-state index contributed by atoms with van der Waals surface area (Å²) in [5.41, 5.74) is 0. The van der Waals surface area contributed by atoms with Gasteiger partial charge in [0.2, 0.25) is 0 Å². The third-order valence-electron chi connectivity index (χ3n) is 3.18. The Morgan fingerprint density at radius 3 is 2.53 bits per heavy atom. The van der Waals surface area contributed by atoms with Gasteiger partial charge in [-0.1, -0.05) is 6.92 Å². The number of likely N-dealkylation sites (tertiary alicyclic amines) is 1. The normalized spacial score (nSPS) is 21.8. The van der Waals surface area contributed by atoms with Crippen LogP contribution in [0.3, 0.4) is 0 Å². The highest BCUT2D eigenvalue weighted by molar-refractivity contribution is 6.20. The predicted molar refractivity (Wildman–Crippen MR) is 65.6 cm³/mol. The van der Waals surface area contributed by atoms with Gasteiger partial charge >= 0.3 is 0 Å². The summed E-state index contributed by atoms with van der Waals surface area (Å²) in [6.07, 6.45) is 3.61. The molecular weight excluding hydrogens is 210 g/mol. The molecule has 0 aromatic rings. The van der Waals surface area contributed by atoms with Crippen LogP contribution in [-0.2, 0) is 4.74 Å². The van der Waals surface area contributed by atoms with E-state index in [9.17, 15) is 0 Å². The number of rotatable bonds is 6.